The molecule has 0 atom stereocenters. The zero-order chi connectivity index (χ0) is 17.9. The molecule has 2 aromatic carbocycles. The number of primary sulfonamides is 1. The summed E-state index contributed by atoms with van der Waals surface area (Å²) in [6.07, 6.45) is 0. The van der Waals surface area contributed by atoms with E-state index in [4.69, 9.17) is 21.5 Å². The van der Waals surface area contributed by atoms with Gasteiger partial charge in [0.05, 0.1) is 22.8 Å². The Morgan fingerprint density at radius 1 is 1.29 bits per heavy atom. The van der Waals surface area contributed by atoms with E-state index in [0.717, 1.165) is 0 Å². The molecule has 0 aliphatic heterocycles. The maximum absolute atomic E-state index is 12.5. The molecule has 2 aromatic rings. The van der Waals surface area contributed by atoms with Crippen molar-refractivity contribution in [1.82, 2.24) is 0 Å². The summed E-state index contributed by atoms with van der Waals surface area (Å²) in [6, 6.07) is 8.76. The molecule has 1 amide bonds. The Labute approximate surface area is 153 Å². The number of amides is 1. The van der Waals surface area contributed by atoms with E-state index in [1.165, 1.54) is 18.2 Å². The Hall–Kier alpha value is -1.61. The third kappa shape index (κ3) is 4.47. The summed E-state index contributed by atoms with van der Waals surface area (Å²) in [6.45, 7) is 2.22. The van der Waals surface area contributed by atoms with Crippen LogP contribution in [0.1, 0.15) is 17.3 Å². The molecule has 2 rings (SSSR count). The van der Waals surface area contributed by atoms with E-state index in [2.05, 4.69) is 21.2 Å². The van der Waals surface area contributed by atoms with Crippen LogP contribution in [0.25, 0.3) is 0 Å². The van der Waals surface area contributed by atoms with Crippen molar-refractivity contribution in [2.75, 3.05) is 11.9 Å². The van der Waals surface area contributed by atoms with Crippen LogP contribution >= 0.6 is 27.5 Å². The molecule has 24 heavy (non-hydrogen) atoms. The Balaban J connectivity index is 2.39. The molecule has 0 fully saturated rings. The number of nitrogens with two attached hydrogens (primary N) is 1. The van der Waals surface area contributed by atoms with E-state index in [1.54, 1.807) is 18.2 Å². The lowest BCUT2D eigenvalue weighted by Gasteiger charge is -2.13. The number of anilines is 1. The van der Waals surface area contributed by atoms with Crippen molar-refractivity contribution in [3.8, 4) is 5.75 Å². The number of rotatable bonds is 5. The molecule has 0 saturated heterocycles. The van der Waals surface area contributed by atoms with Crippen molar-refractivity contribution in [2.24, 2.45) is 5.14 Å². The number of nitrogens with one attached hydrogen (secondary N) is 1. The molecule has 0 aliphatic rings. The second-order valence-electron chi connectivity index (χ2n) is 4.71. The maximum Gasteiger partial charge on any atom is 0.256 e. The first kappa shape index (κ1) is 18.7. The van der Waals surface area contributed by atoms with Gasteiger partial charge < -0.3 is 10.1 Å². The SMILES string of the molecule is CCOc1ccc(Cl)cc1NC(=O)c1cc(S(N)(=O)=O)ccc1Br. The lowest BCUT2D eigenvalue weighted by molar-refractivity contribution is 0.102. The van der Waals surface area contributed by atoms with Crippen LogP contribution in [0, 0.1) is 0 Å². The number of sulfonamides is 1. The molecule has 0 aromatic heterocycles. The molecule has 9 heteroatoms. The van der Waals surface area contributed by atoms with Crippen LogP contribution in [0.5, 0.6) is 5.75 Å². The van der Waals surface area contributed by atoms with Crippen molar-refractivity contribution in [2.45, 2.75) is 11.8 Å². The van der Waals surface area contributed by atoms with Crippen LogP contribution in [0.4, 0.5) is 5.69 Å². The molecule has 0 radical (unpaired) electrons. The molecule has 0 unspecified atom stereocenters. The second-order valence-corrected chi connectivity index (χ2v) is 7.57. The van der Waals surface area contributed by atoms with E-state index in [1.807, 2.05) is 6.92 Å². The topological polar surface area (TPSA) is 98.5 Å². The number of hydrogen-bond donors (Lipinski definition) is 2. The van der Waals surface area contributed by atoms with Gasteiger partial charge in [0, 0.05) is 9.50 Å². The van der Waals surface area contributed by atoms with Gasteiger partial charge in [-0.1, -0.05) is 11.6 Å². The Bertz CT molecular complexity index is 887. The van der Waals surface area contributed by atoms with Gasteiger partial charge in [-0.15, -0.1) is 0 Å². The van der Waals surface area contributed by atoms with E-state index < -0.39 is 15.9 Å². The zero-order valence-electron chi connectivity index (χ0n) is 12.5. The molecule has 0 aliphatic carbocycles. The fourth-order valence-corrected chi connectivity index (χ4v) is 3.06. The molecular weight excluding hydrogens is 420 g/mol. The summed E-state index contributed by atoms with van der Waals surface area (Å²) < 4.78 is 28.8. The Kier molecular flexibility index (Phi) is 5.87. The van der Waals surface area contributed by atoms with Gasteiger partial charge in [0.2, 0.25) is 10.0 Å². The molecule has 128 valence electrons. The highest BCUT2D eigenvalue weighted by molar-refractivity contribution is 9.10. The average Bonchev–Trinajstić information content (AvgIpc) is 2.49. The van der Waals surface area contributed by atoms with Crippen molar-refractivity contribution >= 4 is 49.1 Å². The lowest BCUT2D eigenvalue weighted by Crippen LogP contribution is -2.16. The van der Waals surface area contributed by atoms with Crippen LogP contribution in [-0.2, 0) is 10.0 Å². The molecule has 0 spiro atoms. The fraction of sp³-hybridized carbons (Fsp3) is 0.133. The van der Waals surface area contributed by atoms with Crippen LogP contribution in [0.3, 0.4) is 0 Å². The van der Waals surface area contributed by atoms with E-state index >= 15 is 0 Å². The summed E-state index contributed by atoms with van der Waals surface area (Å²) in [5, 5.41) is 8.18. The standard InChI is InChI=1S/C15H14BrClN2O4S/c1-2-23-14-6-3-9(17)7-13(14)19-15(20)11-8-10(24(18,21)22)4-5-12(11)16/h3-8H,2H2,1H3,(H,19,20)(H2,18,21,22). The van der Waals surface area contributed by atoms with E-state index in [9.17, 15) is 13.2 Å². The van der Waals surface area contributed by atoms with Gasteiger partial charge >= 0.3 is 0 Å². The fourth-order valence-electron chi connectivity index (χ4n) is 1.93. The third-order valence-electron chi connectivity index (χ3n) is 3.00. The zero-order valence-corrected chi connectivity index (χ0v) is 15.7. The van der Waals surface area contributed by atoms with Gasteiger partial charge in [-0.25, -0.2) is 13.6 Å². The van der Waals surface area contributed by atoms with Crippen molar-refractivity contribution in [3.05, 3.63) is 51.5 Å². The number of halogens is 2. The molecule has 0 saturated carbocycles. The number of carbonyl (C=O) groups is 1. The number of carbonyl (C=O) groups excluding carboxylic acids is 1. The van der Waals surface area contributed by atoms with Crippen LogP contribution in [-0.4, -0.2) is 20.9 Å². The third-order valence-corrected chi connectivity index (χ3v) is 4.84. The predicted molar refractivity (Wildman–Crippen MR) is 96.1 cm³/mol. The van der Waals surface area contributed by atoms with Gasteiger partial charge in [0.15, 0.2) is 0 Å². The Morgan fingerprint density at radius 2 is 2.00 bits per heavy atom. The van der Waals surface area contributed by atoms with Crippen molar-refractivity contribution < 1.29 is 17.9 Å². The van der Waals surface area contributed by atoms with Gasteiger partial charge in [-0.3, -0.25) is 4.79 Å². The average molecular weight is 434 g/mol. The largest absolute Gasteiger partial charge is 0.492 e. The first-order valence-corrected chi connectivity index (χ1v) is 9.50. The minimum atomic E-state index is -3.92. The molecule has 0 heterocycles. The highest BCUT2D eigenvalue weighted by atomic mass is 79.9. The Morgan fingerprint density at radius 3 is 2.62 bits per heavy atom. The van der Waals surface area contributed by atoms with E-state index in [0.29, 0.717) is 27.5 Å². The van der Waals surface area contributed by atoms with Crippen molar-refractivity contribution in [1.29, 1.82) is 0 Å². The van der Waals surface area contributed by atoms with Crippen LogP contribution < -0.4 is 15.2 Å². The number of ether oxygens (including phenoxy) is 1. The highest BCUT2D eigenvalue weighted by Crippen LogP contribution is 2.29. The van der Waals surface area contributed by atoms with Gasteiger partial charge in [0.1, 0.15) is 5.75 Å². The normalized spacial score (nSPS) is 11.2. The summed E-state index contributed by atoms with van der Waals surface area (Å²) >= 11 is 9.17. The lowest BCUT2D eigenvalue weighted by atomic mass is 10.2. The summed E-state index contributed by atoms with van der Waals surface area (Å²) in [7, 11) is -3.92. The monoisotopic (exact) mass is 432 g/mol. The minimum absolute atomic E-state index is 0.115. The molecule has 0 bridgehead atoms. The smallest absolute Gasteiger partial charge is 0.256 e. The van der Waals surface area contributed by atoms with E-state index in [-0.39, 0.29) is 10.5 Å². The summed E-state index contributed by atoms with van der Waals surface area (Å²) in [5.74, 6) is -0.0791. The number of hydrogen-bond acceptors (Lipinski definition) is 4. The molecule has 6 nitrogen and oxygen atoms in total. The van der Waals surface area contributed by atoms with Gasteiger partial charge in [-0.05, 0) is 59.3 Å². The van der Waals surface area contributed by atoms with Crippen LogP contribution in [0.15, 0.2) is 45.8 Å². The number of benzene rings is 2. The van der Waals surface area contributed by atoms with Crippen molar-refractivity contribution in [3.63, 3.8) is 0 Å². The molecular formula is C15H14BrClN2O4S. The van der Waals surface area contributed by atoms with Crippen LogP contribution in [0.2, 0.25) is 5.02 Å². The predicted octanol–water partition coefficient (Wildman–Crippen LogP) is 3.40. The quantitative estimate of drug-likeness (QED) is 0.755. The first-order chi connectivity index (χ1) is 11.2. The highest BCUT2D eigenvalue weighted by Gasteiger charge is 2.17. The van der Waals surface area contributed by atoms with Gasteiger partial charge in [-0.2, -0.15) is 0 Å². The molecule has 3 N–H and O–H groups in total. The minimum Gasteiger partial charge on any atom is -0.492 e. The summed E-state index contributed by atoms with van der Waals surface area (Å²) in [5.41, 5.74) is 0.492. The maximum atomic E-state index is 12.5. The first-order valence-electron chi connectivity index (χ1n) is 6.78. The van der Waals surface area contributed by atoms with Gasteiger partial charge in [0.25, 0.3) is 5.91 Å². The second kappa shape index (κ2) is 7.52. The summed E-state index contributed by atoms with van der Waals surface area (Å²) in [4.78, 5) is 12.3.